The van der Waals surface area contributed by atoms with Gasteiger partial charge in [0.25, 0.3) is 0 Å². The molecule has 112 valence electrons. The molecule has 1 aliphatic carbocycles. The first-order valence-electron chi connectivity index (χ1n) is 6.91. The first-order valence-corrected chi connectivity index (χ1v) is 9.19. The average molecular weight is 369 g/mol. The Hall–Kier alpha value is -0.950. The van der Waals surface area contributed by atoms with Crippen LogP contribution in [0.4, 0.5) is 0 Å². The molecule has 21 heavy (non-hydrogen) atoms. The van der Waals surface area contributed by atoms with Crippen LogP contribution in [-0.2, 0) is 10.0 Å². The van der Waals surface area contributed by atoms with Crippen LogP contribution in [-0.4, -0.2) is 21.0 Å². The molecule has 0 saturated heterocycles. The number of hydrogen-bond donors (Lipinski definition) is 2. The number of fused-ring (bicyclic) bond motifs is 1. The van der Waals surface area contributed by atoms with Crippen LogP contribution in [0.3, 0.4) is 0 Å². The van der Waals surface area contributed by atoms with Crippen LogP contribution in [0.15, 0.2) is 45.8 Å². The van der Waals surface area contributed by atoms with Crippen molar-refractivity contribution in [2.45, 2.75) is 23.8 Å². The summed E-state index contributed by atoms with van der Waals surface area (Å²) < 4.78 is 28.6. The maximum Gasteiger partial charge on any atom is 0.240 e. The molecule has 0 aliphatic heterocycles. The zero-order valence-corrected chi connectivity index (χ0v) is 13.8. The second-order valence-corrected chi connectivity index (χ2v) is 8.08. The van der Waals surface area contributed by atoms with Crippen molar-refractivity contribution in [1.82, 2.24) is 4.72 Å². The van der Waals surface area contributed by atoms with Gasteiger partial charge in [0.1, 0.15) is 0 Å². The van der Waals surface area contributed by atoms with Gasteiger partial charge in [0, 0.05) is 17.1 Å². The highest BCUT2D eigenvalue weighted by Gasteiger charge is 2.33. The largest absolute Gasteiger partial charge is 0.329 e. The summed E-state index contributed by atoms with van der Waals surface area (Å²) >= 11 is 3.41. The molecule has 2 aromatic carbocycles. The summed E-state index contributed by atoms with van der Waals surface area (Å²) in [6.45, 7) is 0.338. The summed E-state index contributed by atoms with van der Waals surface area (Å²) in [6.07, 6.45) is 2.10. The SMILES string of the molecule is NCC(NS(=O)(=O)c1ccc2cc(Br)ccc2c1)C1CC1. The van der Waals surface area contributed by atoms with E-state index >= 15 is 0 Å². The molecule has 0 amide bonds. The Morgan fingerprint density at radius 3 is 2.52 bits per heavy atom. The number of nitrogens with one attached hydrogen (secondary N) is 1. The summed E-state index contributed by atoms with van der Waals surface area (Å²) in [6, 6.07) is 10.8. The quantitative estimate of drug-likeness (QED) is 0.851. The number of rotatable bonds is 5. The molecule has 0 spiro atoms. The van der Waals surface area contributed by atoms with Gasteiger partial charge in [-0.2, -0.15) is 0 Å². The van der Waals surface area contributed by atoms with E-state index in [1.807, 2.05) is 24.3 Å². The van der Waals surface area contributed by atoms with E-state index in [0.717, 1.165) is 28.1 Å². The van der Waals surface area contributed by atoms with Crippen LogP contribution in [0.25, 0.3) is 10.8 Å². The average Bonchev–Trinajstić information content (AvgIpc) is 3.28. The van der Waals surface area contributed by atoms with Gasteiger partial charge in [-0.05, 0) is 53.8 Å². The highest BCUT2D eigenvalue weighted by molar-refractivity contribution is 9.10. The fourth-order valence-electron chi connectivity index (χ4n) is 2.46. The van der Waals surface area contributed by atoms with Crippen molar-refractivity contribution in [2.24, 2.45) is 11.7 Å². The molecule has 1 fully saturated rings. The van der Waals surface area contributed by atoms with E-state index in [-0.39, 0.29) is 10.9 Å². The van der Waals surface area contributed by atoms with E-state index in [0.29, 0.717) is 12.5 Å². The topological polar surface area (TPSA) is 72.2 Å². The third-order valence-corrected chi connectivity index (χ3v) is 5.82. The van der Waals surface area contributed by atoms with Crippen molar-refractivity contribution < 1.29 is 8.42 Å². The normalized spacial score (nSPS) is 17.0. The van der Waals surface area contributed by atoms with Gasteiger partial charge in [0.05, 0.1) is 4.90 Å². The minimum Gasteiger partial charge on any atom is -0.329 e. The fourth-order valence-corrected chi connectivity index (χ4v) is 4.20. The third-order valence-electron chi connectivity index (χ3n) is 3.84. The van der Waals surface area contributed by atoms with E-state index in [1.54, 1.807) is 12.1 Å². The van der Waals surface area contributed by atoms with Gasteiger partial charge < -0.3 is 5.73 Å². The maximum atomic E-state index is 12.5. The molecular formula is C15H17BrN2O2S. The Morgan fingerprint density at radius 2 is 1.86 bits per heavy atom. The molecule has 3 rings (SSSR count). The number of nitrogens with two attached hydrogens (primary N) is 1. The van der Waals surface area contributed by atoms with Gasteiger partial charge in [0.15, 0.2) is 0 Å². The first kappa shape index (κ1) is 15.0. The molecule has 0 heterocycles. The van der Waals surface area contributed by atoms with E-state index in [2.05, 4.69) is 20.7 Å². The number of hydrogen-bond acceptors (Lipinski definition) is 3. The molecule has 1 atom stereocenters. The predicted molar refractivity (Wildman–Crippen MR) is 87.5 cm³/mol. The Kier molecular flexibility index (Phi) is 4.05. The zero-order chi connectivity index (χ0) is 15.0. The second kappa shape index (κ2) is 5.68. The summed E-state index contributed by atoms with van der Waals surface area (Å²) in [5.41, 5.74) is 5.67. The molecule has 4 nitrogen and oxygen atoms in total. The molecule has 3 N–H and O–H groups in total. The lowest BCUT2D eigenvalue weighted by atomic mass is 10.1. The van der Waals surface area contributed by atoms with Crippen LogP contribution >= 0.6 is 15.9 Å². The van der Waals surface area contributed by atoms with Crippen molar-refractivity contribution >= 4 is 36.7 Å². The number of halogens is 1. The summed E-state index contributed by atoms with van der Waals surface area (Å²) in [5.74, 6) is 0.390. The smallest absolute Gasteiger partial charge is 0.240 e. The van der Waals surface area contributed by atoms with Gasteiger partial charge in [-0.1, -0.05) is 28.1 Å². The molecule has 0 aromatic heterocycles. The Labute approximate surface area is 132 Å². The summed E-state index contributed by atoms with van der Waals surface area (Å²) in [4.78, 5) is 0.288. The number of sulfonamides is 1. The molecule has 2 aromatic rings. The Bertz CT molecular complexity index is 772. The molecular weight excluding hydrogens is 352 g/mol. The van der Waals surface area contributed by atoms with Crippen LogP contribution < -0.4 is 10.5 Å². The monoisotopic (exact) mass is 368 g/mol. The van der Waals surface area contributed by atoms with Gasteiger partial charge in [-0.25, -0.2) is 13.1 Å². The molecule has 0 radical (unpaired) electrons. The van der Waals surface area contributed by atoms with Gasteiger partial charge in [0.2, 0.25) is 10.0 Å². The van der Waals surface area contributed by atoms with Crippen LogP contribution in [0.2, 0.25) is 0 Å². The first-order chi connectivity index (χ1) is 9.99. The molecule has 1 saturated carbocycles. The highest BCUT2D eigenvalue weighted by atomic mass is 79.9. The lowest BCUT2D eigenvalue weighted by Gasteiger charge is -2.16. The minimum atomic E-state index is -3.52. The van der Waals surface area contributed by atoms with Gasteiger partial charge in [-0.3, -0.25) is 0 Å². The zero-order valence-electron chi connectivity index (χ0n) is 11.4. The van der Waals surface area contributed by atoms with E-state index in [4.69, 9.17) is 5.73 Å². The van der Waals surface area contributed by atoms with Gasteiger partial charge >= 0.3 is 0 Å². The van der Waals surface area contributed by atoms with Gasteiger partial charge in [-0.15, -0.1) is 0 Å². The summed E-state index contributed by atoms with van der Waals surface area (Å²) in [5, 5.41) is 1.90. The van der Waals surface area contributed by atoms with E-state index < -0.39 is 10.0 Å². The minimum absolute atomic E-state index is 0.157. The molecule has 0 bridgehead atoms. The van der Waals surface area contributed by atoms with Crippen molar-refractivity contribution in [3.05, 3.63) is 40.9 Å². The lowest BCUT2D eigenvalue weighted by molar-refractivity contribution is 0.519. The van der Waals surface area contributed by atoms with Crippen LogP contribution in [0.5, 0.6) is 0 Å². The lowest BCUT2D eigenvalue weighted by Crippen LogP contribution is -2.41. The van der Waals surface area contributed by atoms with E-state index in [1.165, 1.54) is 0 Å². The Balaban J connectivity index is 1.92. The van der Waals surface area contributed by atoms with Crippen LogP contribution in [0, 0.1) is 5.92 Å². The second-order valence-electron chi connectivity index (χ2n) is 5.45. The van der Waals surface area contributed by atoms with Crippen molar-refractivity contribution in [1.29, 1.82) is 0 Å². The van der Waals surface area contributed by atoms with Crippen LogP contribution in [0.1, 0.15) is 12.8 Å². The highest BCUT2D eigenvalue weighted by Crippen LogP contribution is 2.33. The van der Waals surface area contributed by atoms with Crippen molar-refractivity contribution in [2.75, 3.05) is 6.54 Å². The van der Waals surface area contributed by atoms with Crippen molar-refractivity contribution in [3.8, 4) is 0 Å². The molecule has 1 unspecified atom stereocenters. The Morgan fingerprint density at radius 1 is 1.19 bits per heavy atom. The van der Waals surface area contributed by atoms with E-state index in [9.17, 15) is 8.42 Å². The summed E-state index contributed by atoms with van der Waals surface area (Å²) in [7, 11) is -3.52. The van der Waals surface area contributed by atoms with Crippen molar-refractivity contribution in [3.63, 3.8) is 0 Å². The standard InChI is InChI=1S/C15H17BrN2O2S/c16-13-5-3-12-8-14(6-4-11(12)7-13)21(19,20)18-15(9-17)10-1-2-10/h3-8,10,15,18H,1-2,9,17H2. The predicted octanol–water partition coefficient (Wildman–Crippen LogP) is 2.62. The molecule has 6 heteroatoms. The maximum absolute atomic E-state index is 12.5. The molecule has 1 aliphatic rings. The fraction of sp³-hybridized carbons (Fsp3) is 0.333. The number of benzene rings is 2. The third kappa shape index (κ3) is 3.29.